The van der Waals surface area contributed by atoms with Crippen molar-refractivity contribution >= 4 is 0 Å². The van der Waals surface area contributed by atoms with E-state index >= 15 is 0 Å². The van der Waals surface area contributed by atoms with Crippen molar-refractivity contribution in [2.45, 2.75) is 26.8 Å². The standard InChI is InChI=1S/C10H23N3/c1-10(2,3)9-8-12-5-7-13(9)6-4-11/h9,12H,4-8,11H2,1-3H3. The molecule has 0 amide bonds. The molecule has 1 atom stereocenters. The van der Waals surface area contributed by atoms with Gasteiger partial charge in [-0.25, -0.2) is 0 Å². The van der Waals surface area contributed by atoms with Crippen molar-refractivity contribution in [1.29, 1.82) is 0 Å². The number of nitrogens with one attached hydrogen (secondary N) is 1. The van der Waals surface area contributed by atoms with E-state index in [1.165, 1.54) is 0 Å². The lowest BCUT2D eigenvalue weighted by Crippen LogP contribution is -2.57. The molecule has 0 aliphatic carbocycles. The fraction of sp³-hybridized carbons (Fsp3) is 1.00. The van der Waals surface area contributed by atoms with Gasteiger partial charge in [0.2, 0.25) is 0 Å². The van der Waals surface area contributed by atoms with Crippen molar-refractivity contribution in [3.05, 3.63) is 0 Å². The van der Waals surface area contributed by atoms with E-state index in [-0.39, 0.29) is 0 Å². The van der Waals surface area contributed by atoms with Crippen LogP contribution in [-0.4, -0.2) is 43.7 Å². The monoisotopic (exact) mass is 185 g/mol. The van der Waals surface area contributed by atoms with Crippen molar-refractivity contribution in [3.8, 4) is 0 Å². The summed E-state index contributed by atoms with van der Waals surface area (Å²) in [7, 11) is 0. The Labute approximate surface area is 81.7 Å². The third kappa shape index (κ3) is 2.93. The molecule has 3 N–H and O–H groups in total. The van der Waals surface area contributed by atoms with Gasteiger partial charge in [0.15, 0.2) is 0 Å². The van der Waals surface area contributed by atoms with Crippen LogP contribution in [-0.2, 0) is 0 Å². The Morgan fingerprint density at radius 3 is 2.69 bits per heavy atom. The van der Waals surface area contributed by atoms with E-state index in [0.29, 0.717) is 11.5 Å². The summed E-state index contributed by atoms with van der Waals surface area (Å²) in [5.74, 6) is 0. The first-order valence-corrected chi connectivity index (χ1v) is 5.20. The molecule has 0 bridgehead atoms. The molecule has 1 aliphatic heterocycles. The highest BCUT2D eigenvalue weighted by atomic mass is 15.2. The molecule has 1 fully saturated rings. The normalized spacial score (nSPS) is 26.3. The number of rotatable bonds is 2. The van der Waals surface area contributed by atoms with Gasteiger partial charge in [0.05, 0.1) is 0 Å². The highest BCUT2D eigenvalue weighted by Crippen LogP contribution is 2.24. The van der Waals surface area contributed by atoms with Gasteiger partial charge < -0.3 is 11.1 Å². The topological polar surface area (TPSA) is 41.3 Å². The largest absolute Gasteiger partial charge is 0.329 e. The summed E-state index contributed by atoms with van der Waals surface area (Å²) in [5, 5.41) is 3.45. The first-order valence-electron chi connectivity index (χ1n) is 5.20. The molecule has 1 saturated heterocycles. The molecular formula is C10H23N3. The Kier molecular flexibility index (Phi) is 3.71. The van der Waals surface area contributed by atoms with Crippen LogP contribution in [0.5, 0.6) is 0 Å². The predicted octanol–water partition coefficient (Wildman–Crippen LogP) is 0.265. The SMILES string of the molecule is CC(C)(C)C1CNCCN1CCN. The van der Waals surface area contributed by atoms with Gasteiger partial charge in [0.25, 0.3) is 0 Å². The van der Waals surface area contributed by atoms with Gasteiger partial charge in [-0.1, -0.05) is 20.8 Å². The summed E-state index contributed by atoms with van der Waals surface area (Å²) in [6.45, 7) is 12.0. The van der Waals surface area contributed by atoms with Gasteiger partial charge in [-0.15, -0.1) is 0 Å². The van der Waals surface area contributed by atoms with Crippen LogP contribution < -0.4 is 11.1 Å². The summed E-state index contributed by atoms with van der Waals surface area (Å²) < 4.78 is 0. The van der Waals surface area contributed by atoms with Crippen LogP contribution in [0.15, 0.2) is 0 Å². The van der Waals surface area contributed by atoms with Crippen LogP contribution in [0.1, 0.15) is 20.8 Å². The third-order valence-corrected chi connectivity index (χ3v) is 2.77. The maximum Gasteiger partial charge on any atom is 0.0270 e. The smallest absolute Gasteiger partial charge is 0.0270 e. The molecule has 1 rings (SSSR count). The summed E-state index contributed by atoms with van der Waals surface area (Å²) in [5.41, 5.74) is 5.95. The van der Waals surface area contributed by atoms with Crippen molar-refractivity contribution in [3.63, 3.8) is 0 Å². The minimum absolute atomic E-state index is 0.350. The number of piperazine rings is 1. The summed E-state index contributed by atoms with van der Waals surface area (Å²) in [6, 6.07) is 0.629. The summed E-state index contributed by atoms with van der Waals surface area (Å²) in [6.07, 6.45) is 0. The highest BCUT2D eigenvalue weighted by molar-refractivity contribution is 4.88. The molecule has 0 aromatic carbocycles. The van der Waals surface area contributed by atoms with E-state index in [4.69, 9.17) is 5.73 Å². The molecule has 0 saturated carbocycles. The van der Waals surface area contributed by atoms with Crippen molar-refractivity contribution in [1.82, 2.24) is 10.2 Å². The summed E-state index contributed by atoms with van der Waals surface area (Å²) >= 11 is 0. The van der Waals surface area contributed by atoms with E-state index in [1.807, 2.05) is 0 Å². The van der Waals surface area contributed by atoms with Crippen molar-refractivity contribution in [2.24, 2.45) is 11.1 Å². The second-order valence-corrected chi connectivity index (χ2v) is 4.91. The van der Waals surface area contributed by atoms with Gasteiger partial charge in [-0.05, 0) is 5.41 Å². The molecular weight excluding hydrogens is 162 g/mol. The molecule has 1 unspecified atom stereocenters. The zero-order chi connectivity index (χ0) is 9.90. The van der Waals surface area contributed by atoms with Gasteiger partial charge >= 0.3 is 0 Å². The van der Waals surface area contributed by atoms with Crippen LogP contribution in [0.25, 0.3) is 0 Å². The van der Waals surface area contributed by atoms with Gasteiger partial charge in [-0.2, -0.15) is 0 Å². The minimum Gasteiger partial charge on any atom is -0.329 e. The lowest BCUT2D eigenvalue weighted by atomic mass is 9.84. The molecule has 0 spiro atoms. The Hall–Kier alpha value is -0.120. The number of nitrogens with zero attached hydrogens (tertiary/aromatic N) is 1. The van der Waals surface area contributed by atoms with E-state index in [9.17, 15) is 0 Å². The first kappa shape index (κ1) is 11.0. The molecule has 1 heterocycles. The Bertz CT molecular complexity index is 149. The maximum atomic E-state index is 5.60. The van der Waals surface area contributed by atoms with Crippen LogP contribution in [0, 0.1) is 5.41 Å². The lowest BCUT2D eigenvalue weighted by molar-refractivity contribution is 0.0784. The van der Waals surface area contributed by atoms with Crippen LogP contribution in [0.4, 0.5) is 0 Å². The van der Waals surface area contributed by atoms with Crippen molar-refractivity contribution in [2.75, 3.05) is 32.7 Å². The lowest BCUT2D eigenvalue weighted by Gasteiger charge is -2.43. The second kappa shape index (κ2) is 4.40. The molecule has 0 radical (unpaired) electrons. The van der Waals surface area contributed by atoms with Crippen molar-refractivity contribution < 1.29 is 0 Å². The Morgan fingerprint density at radius 1 is 1.46 bits per heavy atom. The predicted molar refractivity (Wildman–Crippen MR) is 56.7 cm³/mol. The molecule has 13 heavy (non-hydrogen) atoms. The minimum atomic E-state index is 0.350. The quantitative estimate of drug-likeness (QED) is 0.648. The van der Waals surface area contributed by atoms with E-state index in [0.717, 1.165) is 32.7 Å². The second-order valence-electron chi connectivity index (χ2n) is 4.91. The molecule has 78 valence electrons. The van der Waals surface area contributed by atoms with E-state index in [1.54, 1.807) is 0 Å². The molecule has 0 aromatic heterocycles. The number of nitrogens with two attached hydrogens (primary N) is 1. The molecule has 1 aliphatic rings. The van der Waals surface area contributed by atoms with Crippen LogP contribution in [0.3, 0.4) is 0 Å². The Balaban J connectivity index is 2.56. The molecule has 0 aromatic rings. The van der Waals surface area contributed by atoms with Gasteiger partial charge in [-0.3, -0.25) is 4.90 Å². The zero-order valence-electron chi connectivity index (χ0n) is 9.14. The number of hydrogen-bond acceptors (Lipinski definition) is 3. The maximum absolute atomic E-state index is 5.60. The average molecular weight is 185 g/mol. The van der Waals surface area contributed by atoms with Gasteiger partial charge in [0, 0.05) is 38.8 Å². The fourth-order valence-corrected chi connectivity index (χ4v) is 2.03. The number of hydrogen-bond donors (Lipinski definition) is 2. The highest BCUT2D eigenvalue weighted by Gasteiger charge is 2.31. The van der Waals surface area contributed by atoms with Crippen LogP contribution in [0.2, 0.25) is 0 Å². The Morgan fingerprint density at radius 2 is 2.15 bits per heavy atom. The van der Waals surface area contributed by atoms with Crippen LogP contribution >= 0.6 is 0 Å². The van der Waals surface area contributed by atoms with E-state index < -0.39 is 0 Å². The average Bonchev–Trinajstić information content (AvgIpc) is 2.04. The van der Waals surface area contributed by atoms with E-state index in [2.05, 4.69) is 31.0 Å². The van der Waals surface area contributed by atoms with Gasteiger partial charge in [0.1, 0.15) is 0 Å². The molecule has 3 heteroatoms. The zero-order valence-corrected chi connectivity index (χ0v) is 9.14. The summed E-state index contributed by atoms with van der Waals surface area (Å²) in [4.78, 5) is 2.51. The molecule has 3 nitrogen and oxygen atoms in total. The third-order valence-electron chi connectivity index (χ3n) is 2.77. The fourth-order valence-electron chi connectivity index (χ4n) is 2.03. The first-order chi connectivity index (χ1) is 6.05.